The first-order valence-corrected chi connectivity index (χ1v) is 8.18. The summed E-state index contributed by atoms with van der Waals surface area (Å²) in [7, 11) is 0. The molecule has 4 heteroatoms. The Morgan fingerprint density at radius 3 is 2.65 bits per heavy atom. The lowest BCUT2D eigenvalue weighted by Gasteiger charge is -2.25. The van der Waals surface area contributed by atoms with Crippen LogP contribution in [0.4, 0.5) is 0 Å². The van der Waals surface area contributed by atoms with Crippen molar-refractivity contribution in [2.75, 3.05) is 13.1 Å². The molecule has 112 valence electrons. The highest BCUT2D eigenvalue weighted by Crippen LogP contribution is 2.21. The SMILES string of the molecule is CCC(CC)CN(CC)Cc1sccc1C=CC(=O)O. The minimum absolute atomic E-state index is 0.743. The zero-order valence-corrected chi connectivity index (χ0v) is 13.4. The largest absolute Gasteiger partial charge is 0.478 e. The first kappa shape index (κ1) is 16.9. The Bertz CT molecular complexity index is 435. The van der Waals surface area contributed by atoms with Gasteiger partial charge in [-0.15, -0.1) is 11.3 Å². The standard InChI is InChI=1S/C16H25NO2S/c1-4-13(5-2)11-17(6-3)12-15-14(9-10-20-15)7-8-16(18)19/h7-10,13H,4-6,11-12H2,1-3H3,(H,18,19). The van der Waals surface area contributed by atoms with Crippen molar-refractivity contribution < 1.29 is 9.90 Å². The fraction of sp³-hybridized carbons (Fsp3) is 0.562. The van der Waals surface area contributed by atoms with Crippen molar-refractivity contribution in [1.29, 1.82) is 0 Å². The molecular weight excluding hydrogens is 270 g/mol. The highest BCUT2D eigenvalue weighted by Gasteiger charge is 2.12. The molecule has 1 N–H and O–H groups in total. The zero-order chi connectivity index (χ0) is 15.0. The summed E-state index contributed by atoms with van der Waals surface area (Å²) >= 11 is 1.70. The summed E-state index contributed by atoms with van der Waals surface area (Å²) in [4.78, 5) is 14.3. The zero-order valence-electron chi connectivity index (χ0n) is 12.6. The van der Waals surface area contributed by atoms with Gasteiger partial charge in [-0.3, -0.25) is 4.90 Å². The van der Waals surface area contributed by atoms with Gasteiger partial charge in [0.2, 0.25) is 0 Å². The van der Waals surface area contributed by atoms with E-state index in [1.165, 1.54) is 23.8 Å². The van der Waals surface area contributed by atoms with Crippen LogP contribution in [0.15, 0.2) is 17.5 Å². The quantitative estimate of drug-likeness (QED) is 0.697. The van der Waals surface area contributed by atoms with Crippen molar-refractivity contribution in [2.45, 2.75) is 40.2 Å². The van der Waals surface area contributed by atoms with Crippen molar-refractivity contribution >= 4 is 23.4 Å². The van der Waals surface area contributed by atoms with Crippen LogP contribution in [0.1, 0.15) is 44.1 Å². The third kappa shape index (κ3) is 5.47. The Morgan fingerprint density at radius 2 is 2.10 bits per heavy atom. The molecule has 0 atom stereocenters. The van der Waals surface area contributed by atoms with Gasteiger partial charge in [-0.2, -0.15) is 0 Å². The molecule has 0 bridgehead atoms. The summed E-state index contributed by atoms with van der Waals surface area (Å²) in [5.41, 5.74) is 1.03. The average molecular weight is 295 g/mol. The molecule has 1 rings (SSSR count). The van der Waals surface area contributed by atoms with Crippen LogP contribution in [0.2, 0.25) is 0 Å². The molecule has 0 fully saturated rings. The van der Waals surface area contributed by atoms with Crippen molar-refractivity contribution in [1.82, 2.24) is 4.90 Å². The lowest BCUT2D eigenvalue weighted by atomic mass is 10.0. The first-order valence-electron chi connectivity index (χ1n) is 7.30. The molecule has 1 aromatic rings. The van der Waals surface area contributed by atoms with Crippen LogP contribution in [0.3, 0.4) is 0 Å². The van der Waals surface area contributed by atoms with Crippen molar-refractivity contribution in [3.8, 4) is 0 Å². The number of carboxylic acids is 1. The molecule has 0 aliphatic heterocycles. The molecule has 0 unspecified atom stereocenters. The molecule has 0 aliphatic carbocycles. The smallest absolute Gasteiger partial charge is 0.328 e. The Hall–Kier alpha value is -1.13. The van der Waals surface area contributed by atoms with Crippen LogP contribution in [0.25, 0.3) is 6.08 Å². The number of rotatable bonds is 9. The summed E-state index contributed by atoms with van der Waals surface area (Å²) in [5, 5.41) is 10.7. The van der Waals surface area contributed by atoms with Crippen molar-refractivity contribution in [2.24, 2.45) is 5.92 Å². The summed E-state index contributed by atoms with van der Waals surface area (Å²) in [6.45, 7) is 9.72. The topological polar surface area (TPSA) is 40.5 Å². The van der Waals surface area contributed by atoms with E-state index < -0.39 is 5.97 Å². The summed E-state index contributed by atoms with van der Waals surface area (Å²) < 4.78 is 0. The van der Waals surface area contributed by atoms with Crippen LogP contribution in [-0.4, -0.2) is 29.1 Å². The van der Waals surface area contributed by atoms with E-state index in [1.54, 1.807) is 17.4 Å². The fourth-order valence-corrected chi connectivity index (χ4v) is 3.12. The first-order chi connectivity index (χ1) is 9.60. The van der Waals surface area contributed by atoms with Gasteiger partial charge in [-0.25, -0.2) is 4.79 Å². The summed E-state index contributed by atoms with van der Waals surface area (Å²) in [5.74, 6) is -0.153. The highest BCUT2D eigenvalue weighted by atomic mass is 32.1. The van der Waals surface area contributed by atoms with E-state index in [9.17, 15) is 4.79 Å². The van der Waals surface area contributed by atoms with Crippen LogP contribution in [0.5, 0.6) is 0 Å². The minimum atomic E-state index is -0.897. The monoisotopic (exact) mass is 295 g/mol. The minimum Gasteiger partial charge on any atom is -0.478 e. The number of carbonyl (C=O) groups is 1. The molecule has 0 aliphatic rings. The van der Waals surface area contributed by atoms with E-state index in [2.05, 4.69) is 25.7 Å². The maximum atomic E-state index is 10.6. The number of carboxylic acid groups (broad SMARTS) is 1. The Balaban J connectivity index is 2.70. The van der Waals surface area contributed by atoms with Crippen LogP contribution in [-0.2, 0) is 11.3 Å². The van der Waals surface area contributed by atoms with Gasteiger partial charge in [-0.05, 0) is 35.5 Å². The predicted molar refractivity (Wildman–Crippen MR) is 86.0 cm³/mol. The number of thiophene rings is 1. The summed E-state index contributed by atoms with van der Waals surface area (Å²) in [6, 6.07) is 1.99. The van der Waals surface area contributed by atoms with E-state index in [0.717, 1.165) is 31.1 Å². The number of nitrogens with zero attached hydrogens (tertiary/aromatic N) is 1. The van der Waals surface area contributed by atoms with Gasteiger partial charge in [0.05, 0.1) is 0 Å². The van der Waals surface area contributed by atoms with Gasteiger partial charge >= 0.3 is 5.97 Å². The Morgan fingerprint density at radius 1 is 1.40 bits per heavy atom. The van der Waals surface area contributed by atoms with Crippen molar-refractivity contribution in [3.05, 3.63) is 28.0 Å². The van der Waals surface area contributed by atoms with E-state index in [4.69, 9.17) is 5.11 Å². The van der Waals surface area contributed by atoms with Gasteiger partial charge in [0, 0.05) is 24.0 Å². The molecule has 0 spiro atoms. The third-order valence-electron chi connectivity index (χ3n) is 3.67. The fourth-order valence-electron chi connectivity index (χ4n) is 2.21. The van der Waals surface area contributed by atoms with Crippen molar-refractivity contribution in [3.63, 3.8) is 0 Å². The van der Waals surface area contributed by atoms with Crippen LogP contribution in [0, 0.1) is 5.92 Å². The van der Waals surface area contributed by atoms with E-state index in [-0.39, 0.29) is 0 Å². The lowest BCUT2D eigenvalue weighted by molar-refractivity contribution is -0.131. The van der Waals surface area contributed by atoms with Crippen LogP contribution >= 0.6 is 11.3 Å². The molecular formula is C16H25NO2S. The molecule has 0 radical (unpaired) electrons. The molecule has 1 heterocycles. The molecule has 0 saturated carbocycles. The number of hydrogen-bond acceptors (Lipinski definition) is 3. The second-order valence-corrected chi connectivity index (χ2v) is 5.98. The molecule has 0 amide bonds. The predicted octanol–water partition coefficient (Wildman–Crippen LogP) is 4.10. The van der Waals surface area contributed by atoms with E-state index in [1.807, 2.05) is 11.4 Å². The number of aliphatic carboxylic acids is 1. The van der Waals surface area contributed by atoms with E-state index >= 15 is 0 Å². The summed E-state index contributed by atoms with van der Waals surface area (Å²) in [6.07, 6.45) is 5.33. The third-order valence-corrected chi connectivity index (χ3v) is 4.59. The molecule has 20 heavy (non-hydrogen) atoms. The average Bonchev–Trinajstić information content (AvgIpc) is 2.88. The maximum Gasteiger partial charge on any atom is 0.328 e. The van der Waals surface area contributed by atoms with Gasteiger partial charge in [-0.1, -0.05) is 33.6 Å². The lowest BCUT2D eigenvalue weighted by Crippen LogP contribution is -2.28. The normalized spacial score (nSPS) is 11.8. The molecule has 1 aromatic heterocycles. The maximum absolute atomic E-state index is 10.6. The second kappa shape index (κ2) is 8.93. The second-order valence-electron chi connectivity index (χ2n) is 4.98. The van der Waals surface area contributed by atoms with E-state index in [0.29, 0.717) is 0 Å². The molecule has 0 aromatic carbocycles. The van der Waals surface area contributed by atoms with Gasteiger partial charge in [0.1, 0.15) is 0 Å². The Kier molecular flexibility index (Phi) is 7.55. The van der Waals surface area contributed by atoms with Crippen LogP contribution < -0.4 is 0 Å². The number of hydrogen-bond donors (Lipinski definition) is 1. The molecule has 0 saturated heterocycles. The molecule has 3 nitrogen and oxygen atoms in total. The highest BCUT2D eigenvalue weighted by molar-refractivity contribution is 7.10. The van der Waals surface area contributed by atoms with Gasteiger partial charge in [0.25, 0.3) is 0 Å². The Labute approximate surface area is 125 Å². The van der Waals surface area contributed by atoms with Gasteiger partial charge in [0.15, 0.2) is 0 Å². The van der Waals surface area contributed by atoms with Gasteiger partial charge < -0.3 is 5.11 Å².